The summed E-state index contributed by atoms with van der Waals surface area (Å²) in [5, 5.41) is 5.23. The van der Waals surface area contributed by atoms with Crippen LogP contribution in [0.5, 0.6) is 0 Å². The number of nitrogens with zero attached hydrogens (tertiary/aromatic N) is 1. The van der Waals surface area contributed by atoms with Crippen LogP contribution in [0.3, 0.4) is 0 Å². The highest BCUT2D eigenvalue weighted by Crippen LogP contribution is 2.35. The van der Waals surface area contributed by atoms with Crippen LogP contribution in [0.2, 0.25) is 0 Å². The van der Waals surface area contributed by atoms with Gasteiger partial charge in [0.25, 0.3) is 0 Å². The average molecular weight is 267 g/mol. The van der Waals surface area contributed by atoms with Crippen molar-refractivity contribution in [1.29, 1.82) is 0 Å². The van der Waals surface area contributed by atoms with Gasteiger partial charge in [0.1, 0.15) is 0 Å². The topological polar surface area (TPSA) is 59.6 Å². The van der Waals surface area contributed by atoms with E-state index in [1.807, 2.05) is 0 Å². The molecule has 1 aliphatic rings. The summed E-state index contributed by atoms with van der Waals surface area (Å²) in [5.41, 5.74) is 5.80. The maximum absolute atomic E-state index is 5.84. The largest absolute Gasteiger partial charge is 0.376 e. The second-order valence-corrected chi connectivity index (χ2v) is 5.73. The Labute approximate surface area is 112 Å². The summed E-state index contributed by atoms with van der Waals surface area (Å²) in [4.78, 5) is 5.73. The van der Waals surface area contributed by atoms with Gasteiger partial charge in [-0.25, -0.2) is 0 Å². The standard InChI is InChI=1S/C13H21N3OS/c1-17-13(6-3-7-13)10-16-12(14)15-8-5-11-4-2-9-18-11/h2,4,9H,3,5-8,10H2,1H3,(H3,14,15,16). The van der Waals surface area contributed by atoms with Gasteiger partial charge in [-0.05, 0) is 37.1 Å². The maximum atomic E-state index is 5.84. The van der Waals surface area contributed by atoms with Crippen molar-refractivity contribution < 1.29 is 4.74 Å². The van der Waals surface area contributed by atoms with Gasteiger partial charge in [0.05, 0.1) is 12.1 Å². The predicted octanol–water partition coefficient (Wildman–Crippen LogP) is 1.76. The Morgan fingerprint density at radius 3 is 3.00 bits per heavy atom. The number of methoxy groups -OCH3 is 1. The van der Waals surface area contributed by atoms with Crippen molar-refractivity contribution in [3.8, 4) is 0 Å². The molecule has 0 saturated heterocycles. The van der Waals surface area contributed by atoms with Crippen LogP contribution in [-0.4, -0.2) is 31.8 Å². The lowest BCUT2D eigenvalue weighted by atomic mass is 9.80. The molecule has 0 aromatic carbocycles. The highest BCUT2D eigenvalue weighted by Gasteiger charge is 2.36. The number of hydrogen-bond donors (Lipinski definition) is 2. The minimum atomic E-state index is -0.0416. The van der Waals surface area contributed by atoms with Gasteiger partial charge >= 0.3 is 0 Å². The van der Waals surface area contributed by atoms with Gasteiger partial charge in [-0.1, -0.05) is 6.07 Å². The van der Waals surface area contributed by atoms with Crippen LogP contribution in [0.1, 0.15) is 24.1 Å². The Balaban J connectivity index is 1.69. The van der Waals surface area contributed by atoms with E-state index in [0.717, 1.165) is 25.8 Å². The van der Waals surface area contributed by atoms with E-state index >= 15 is 0 Å². The lowest BCUT2D eigenvalue weighted by Gasteiger charge is -2.39. The number of rotatable bonds is 6. The minimum absolute atomic E-state index is 0.0416. The maximum Gasteiger partial charge on any atom is 0.188 e. The Hall–Kier alpha value is -1.07. The Morgan fingerprint density at radius 1 is 1.61 bits per heavy atom. The second-order valence-electron chi connectivity index (χ2n) is 4.70. The SMILES string of the molecule is COC1(CN=C(N)NCCc2cccs2)CCC1. The van der Waals surface area contributed by atoms with E-state index in [1.54, 1.807) is 18.4 Å². The molecule has 0 amide bonds. The van der Waals surface area contributed by atoms with E-state index in [1.165, 1.54) is 11.3 Å². The molecule has 1 saturated carbocycles. The van der Waals surface area contributed by atoms with Crippen LogP contribution in [0.25, 0.3) is 0 Å². The average Bonchev–Trinajstić information content (AvgIpc) is 2.81. The summed E-state index contributed by atoms with van der Waals surface area (Å²) < 4.78 is 5.50. The molecule has 1 fully saturated rings. The first kappa shape index (κ1) is 13.4. The molecule has 2 rings (SSSR count). The molecule has 0 radical (unpaired) electrons. The lowest BCUT2D eigenvalue weighted by molar-refractivity contribution is -0.0630. The Morgan fingerprint density at radius 2 is 2.44 bits per heavy atom. The van der Waals surface area contributed by atoms with E-state index < -0.39 is 0 Å². The summed E-state index contributed by atoms with van der Waals surface area (Å²) in [6, 6.07) is 4.20. The second kappa shape index (κ2) is 6.20. The molecule has 0 spiro atoms. The van der Waals surface area contributed by atoms with Crippen molar-refractivity contribution in [3.05, 3.63) is 22.4 Å². The number of ether oxygens (including phenoxy) is 1. The molecular formula is C13H21N3OS. The van der Waals surface area contributed by atoms with Crippen LogP contribution in [0.4, 0.5) is 0 Å². The van der Waals surface area contributed by atoms with Gasteiger partial charge in [0.15, 0.2) is 5.96 Å². The lowest BCUT2D eigenvalue weighted by Crippen LogP contribution is -2.43. The van der Waals surface area contributed by atoms with Crippen LogP contribution in [0, 0.1) is 0 Å². The summed E-state index contributed by atoms with van der Waals surface area (Å²) in [5.74, 6) is 0.523. The van der Waals surface area contributed by atoms with Gasteiger partial charge in [-0.15, -0.1) is 11.3 Å². The Bertz CT molecular complexity index is 379. The third kappa shape index (κ3) is 3.46. The van der Waals surface area contributed by atoms with Crippen LogP contribution >= 0.6 is 11.3 Å². The van der Waals surface area contributed by atoms with Crippen molar-refractivity contribution in [3.63, 3.8) is 0 Å². The van der Waals surface area contributed by atoms with Crippen molar-refractivity contribution in [1.82, 2.24) is 5.32 Å². The third-order valence-electron chi connectivity index (χ3n) is 3.49. The molecule has 0 atom stereocenters. The zero-order chi connectivity index (χ0) is 12.8. The van der Waals surface area contributed by atoms with Crippen LogP contribution < -0.4 is 11.1 Å². The zero-order valence-electron chi connectivity index (χ0n) is 10.8. The number of hydrogen-bond acceptors (Lipinski definition) is 3. The Kier molecular flexibility index (Phi) is 4.60. The van der Waals surface area contributed by atoms with Crippen molar-refractivity contribution in [2.45, 2.75) is 31.3 Å². The van der Waals surface area contributed by atoms with Gasteiger partial charge < -0.3 is 15.8 Å². The van der Waals surface area contributed by atoms with Crippen LogP contribution in [-0.2, 0) is 11.2 Å². The molecule has 1 heterocycles. The third-order valence-corrected chi connectivity index (χ3v) is 4.43. The van der Waals surface area contributed by atoms with E-state index in [4.69, 9.17) is 10.5 Å². The van der Waals surface area contributed by atoms with Gasteiger partial charge in [-0.3, -0.25) is 4.99 Å². The van der Waals surface area contributed by atoms with E-state index in [2.05, 4.69) is 27.8 Å². The molecule has 100 valence electrons. The smallest absolute Gasteiger partial charge is 0.188 e. The van der Waals surface area contributed by atoms with Crippen molar-refractivity contribution >= 4 is 17.3 Å². The molecule has 18 heavy (non-hydrogen) atoms. The van der Waals surface area contributed by atoms with Crippen molar-refractivity contribution in [2.75, 3.05) is 20.2 Å². The fourth-order valence-corrected chi connectivity index (χ4v) is 2.76. The monoisotopic (exact) mass is 267 g/mol. The normalized spacial score (nSPS) is 18.4. The summed E-state index contributed by atoms with van der Waals surface area (Å²) in [6.07, 6.45) is 4.41. The van der Waals surface area contributed by atoms with Gasteiger partial charge in [0.2, 0.25) is 0 Å². The van der Waals surface area contributed by atoms with E-state index in [9.17, 15) is 0 Å². The number of nitrogens with one attached hydrogen (secondary N) is 1. The molecule has 1 aliphatic carbocycles. The first-order valence-electron chi connectivity index (χ1n) is 6.35. The highest BCUT2D eigenvalue weighted by atomic mass is 32.1. The highest BCUT2D eigenvalue weighted by molar-refractivity contribution is 7.09. The molecule has 4 nitrogen and oxygen atoms in total. The molecule has 3 N–H and O–H groups in total. The summed E-state index contributed by atoms with van der Waals surface area (Å²) in [6.45, 7) is 1.50. The first-order valence-corrected chi connectivity index (χ1v) is 7.23. The molecule has 0 unspecified atom stereocenters. The number of aliphatic imine (C=N–C) groups is 1. The minimum Gasteiger partial charge on any atom is -0.376 e. The van der Waals surface area contributed by atoms with Crippen molar-refractivity contribution in [2.24, 2.45) is 10.7 Å². The first-order chi connectivity index (χ1) is 8.74. The van der Waals surface area contributed by atoms with E-state index in [0.29, 0.717) is 12.5 Å². The molecule has 1 aromatic rings. The van der Waals surface area contributed by atoms with E-state index in [-0.39, 0.29) is 5.60 Å². The van der Waals surface area contributed by atoms with Gasteiger partial charge in [0, 0.05) is 18.5 Å². The fourth-order valence-electron chi connectivity index (χ4n) is 2.05. The van der Waals surface area contributed by atoms with Gasteiger partial charge in [-0.2, -0.15) is 0 Å². The number of thiophene rings is 1. The summed E-state index contributed by atoms with van der Waals surface area (Å²) >= 11 is 1.77. The number of nitrogens with two attached hydrogens (primary N) is 1. The number of guanidine groups is 1. The molecule has 1 aromatic heterocycles. The molecular weight excluding hydrogens is 246 g/mol. The fraction of sp³-hybridized carbons (Fsp3) is 0.615. The quantitative estimate of drug-likeness (QED) is 0.610. The molecule has 0 aliphatic heterocycles. The molecule has 0 bridgehead atoms. The zero-order valence-corrected chi connectivity index (χ0v) is 11.6. The molecule has 5 heteroatoms. The predicted molar refractivity (Wildman–Crippen MR) is 76.1 cm³/mol. The summed E-state index contributed by atoms with van der Waals surface area (Å²) in [7, 11) is 1.76. The van der Waals surface area contributed by atoms with Crippen LogP contribution in [0.15, 0.2) is 22.5 Å².